The summed E-state index contributed by atoms with van der Waals surface area (Å²) < 4.78 is 0. The third-order valence-electron chi connectivity index (χ3n) is 13.7. The molecule has 1 heteroatoms. The topological polar surface area (TPSA) is 0 Å². The molecule has 0 aliphatic heterocycles. The van der Waals surface area contributed by atoms with E-state index < -0.39 is 8.07 Å². The summed E-state index contributed by atoms with van der Waals surface area (Å²) in [6, 6.07) is 67.3. The van der Waals surface area contributed by atoms with Crippen LogP contribution in [-0.4, -0.2) is 8.07 Å². The van der Waals surface area contributed by atoms with Gasteiger partial charge in [0.05, 0.1) is 0 Å². The monoisotopic (exact) mass is 758 g/mol. The van der Waals surface area contributed by atoms with Crippen LogP contribution in [0.3, 0.4) is 0 Å². The normalized spacial score (nSPS) is 14.0. The number of hydrogen-bond acceptors (Lipinski definition) is 0. The molecule has 2 aliphatic rings. The quantitative estimate of drug-likeness (QED) is 0.0863. The van der Waals surface area contributed by atoms with Crippen molar-refractivity contribution >= 4 is 77.9 Å². The molecular weight excluding hydrogens is 713 g/mol. The third kappa shape index (κ3) is 5.13. The summed E-state index contributed by atoms with van der Waals surface area (Å²) in [6.45, 7) is 7.38. The van der Waals surface area contributed by atoms with Gasteiger partial charge in [0.1, 0.15) is 8.07 Å². The van der Waals surface area contributed by atoms with Gasteiger partial charge in [0, 0.05) is 0 Å². The van der Waals surface area contributed by atoms with Crippen molar-refractivity contribution < 1.29 is 0 Å². The van der Waals surface area contributed by atoms with E-state index in [1.165, 1.54) is 103 Å². The first-order valence-corrected chi connectivity index (χ1v) is 23.6. The highest BCUT2D eigenvalue weighted by Gasteiger charge is 2.43. The van der Waals surface area contributed by atoms with Crippen molar-refractivity contribution in [1.29, 1.82) is 0 Å². The van der Waals surface area contributed by atoms with Crippen molar-refractivity contribution in [2.75, 3.05) is 0 Å². The van der Waals surface area contributed by atoms with Crippen molar-refractivity contribution in [3.05, 3.63) is 220 Å². The van der Waals surface area contributed by atoms with Crippen LogP contribution in [0, 0.1) is 0 Å². The van der Waals surface area contributed by atoms with Gasteiger partial charge in [-0.15, -0.1) is 0 Å². The van der Waals surface area contributed by atoms with E-state index in [1.54, 1.807) is 11.1 Å². The van der Waals surface area contributed by atoms with Gasteiger partial charge >= 0.3 is 0 Å². The van der Waals surface area contributed by atoms with E-state index in [1.807, 2.05) is 0 Å². The van der Waals surface area contributed by atoms with Crippen molar-refractivity contribution in [2.45, 2.75) is 46.1 Å². The maximum absolute atomic E-state index is 2.74. The van der Waals surface area contributed by atoms with Crippen LogP contribution in [0.25, 0.3) is 54.2 Å². The summed E-state index contributed by atoms with van der Waals surface area (Å²) in [5, 5.41) is 15.1. The van der Waals surface area contributed by atoms with E-state index in [4.69, 9.17) is 0 Å². The van der Waals surface area contributed by atoms with E-state index in [2.05, 4.69) is 196 Å². The van der Waals surface area contributed by atoms with Crippen molar-refractivity contribution in [3.63, 3.8) is 0 Å². The second kappa shape index (κ2) is 13.7. The highest BCUT2D eigenvalue weighted by atomic mass is 28.3. The molecule has 0 N–H and O–H groups in total. The Labute approximate surface area is 342 Å². The second-order valence-corrected chi connectivity index (χ2v) is 20.5. The largest absolute Gasteiger partial charge is 0.147 e. The van der Waals surface area contributed by atoms with Gasteiger partial charge in [0.15, 0.2) is 0 Å². The molecule has 11 rings (SSSR count). The van der Waals surface area contributed by atoms with Crippen LogP contribution < -0.4 is 15.6 Å². The van der Waals surface area contributed by atoms with Gasteiger partial charge in [-0.1, -0.05) is 207 Å². The Bertz CT molecular complexity index is 3000. The highest BCUT2D eigenvalue weighted by molar-refractivity contribution is 7.11. The molecule has 9 aromatic rings. The fraction of sp³-hybridized carbons (Fsp3) is 0.123. The van der Waals surface area contributed by atoms with Crippen molar-refractivity contribution in [1.82, 2.24) is 0 Å². The zero-order valence-electron chi connectivity index (χ0n) is 33.6. The van der Waals surface area contributed by atoms with E-state index in [0.717, 1.165) is 25.7 Å². The molecule has 9 aromatic carbocycles. The average molecular weight is 759 g/mol. The molecule has 0 heterocycles. The van der Waals surface area contributed by atoms with Crippen LogP contribution in [0.2, 0.25) is 6.55 Å². The lowest BCUT2D eigenvalue weighted by Crippen LogP contribution is -2.66. The van der Waals surface area contributed by atoms with Gasteiger partial charge in [-0.25, -0.2) is 0 Å². The van der Waals surface area contributed by atoms with Gasteiger partial charge in [0.25, 0.3) is 0 Å². The highest BCUT2D eigenvalue weighted by Crippen LogP contribution is 2.45. The Morgan fingerprint density at radius 1 is 0.397 bits per heavy atom. The molecule has 0 radical (unpaired) electrons. The lowest BCUT2D eigenvalue weighted by Gasteiger charge is -2.34. The summed E-state index contributed by atoms with van der Waals surface area (Å²) in [5.41, 5.74) is 14.6. The molecule has 0 nitrogen and oxygen atoms in total. The Morgan fingerprint density at radius 3 is 1.29 bits per heavy atom. The fourth-order valence-electron chi connectivity index (χ4n) is 10.9. The summed E-state index contributed by atoms with van der Waals surface area (Å²) in [7, 11) is -2.74. The van der Waals surface area contributed by atoms with Gasteiger partial charge < -0.3 is 0 Å². The SMILES string of the molecule is CCC1=C(c2cccc3ccc4ccccc4c23)c2c(cccc2[Si](C)(c2ccccc2)c2cccc3c2C(c2cccc4ccc5ccccc5c24)=C(CC)C3)C1. The Hall–Kier alpha value is -6.28. The molecule has 278 valence electrons. The Balaban J connectivity index is 1.22. The molecule has 2 aliphatic carbocycles. The average Bonchev–Trinajstić information content (AvgIpc) is 3.87. The van der Waals surface area contributed by atoms with Crippen LogP contribution in [0.15, 0.2) is 187 Å². The standard InChI is InChI=1S/C57H46Si/c1-4-37-35-43-21-15-29-50(56(43)54(37)48-27-13-19-41-33-31-39-17-9-11-25-46(39)52(41)48)58(3,45-23-7-6-8-24-45)51-30-16-22-44-36-38(5-2)55(57(44)51)49-28-14-20-42-34-32-40-18-10-12-26-47(40)53(42)49/h6-34H,4-5,35-36H2,1-3H3. The molecule has 58 heavy (non-hydrogen) atoms. The van der Waals surface area contributed by atoms with Gasteiger partial charge in [-0.05, 0) is 129 Å². The number of allylic oxidation sites excluding steroid dienone is 2. The molecule has 0 atom stereocenters. The van der Waals surface area contributed by atoms with Crippen molar-refractivity contribution in [2.24, 2.45) is 0 Å². The van der Waals surface area contributed by atoms with Crippen LogP contribution in [-0.2, 0) is 12.8 Å². The first-order chi connectivity index (χ1) is 28.6. The smallest absolute Gasteiger partial charge is 0.0624 e. The van der Waals surface area contributed by atoms with Crippen molar-refractivity contribution in [3.8, 4) is 0 Å². The molecule has 0 bridgehead atoms. The lowest BCUT2D eigenvalue weighted by atomic mass is 9.89. The molecule has 0 aromatic heterocycles. The van der Waals surface area contributed by atoms with Gasteiger partial charge in [-0.2, -0.15) is 0 Å². The van der Waals surface area contributed by atoms with Gasteiger partial charge in [0.2, 0.25) is 0 Å². The first-order valence-electron chi connectivity index (χ1n) is 21.1. The number of fused-ring (bicyclic) bond motifs is 8. The minimum absolute atomic E-state index is 0.997. The number of benzene rings is 9. The van der Waals surface area contributed by atoms with Crippen LogP contribution in [0.5, 0.6) is 0 Å². The summed E-state index contributed by atoms with van der Waals surface area (Å²) in [5.74, 6) is 0. The van der Waals surface area contributed by atoms with E-state index >= 15 is 0 Å². The van der Waals surface area contributed by atoms with E-state index in [9.17, 15) is 0 Å². The maximum Gasteiger partial charge on any atom is 0.147 e. The third-order valence-corrected chi connectivity index (χ3v) is 18.2. The van der Waals surface area contributed by atoms with E-state index in [0.29, 0.717) is 0 Å². The summed E-state index contributed by atoms with van der Waals surface area (Å²) in [4.78, 5) is 0. The number of hydrogen-bond donors (Lipinski definition) is 0. The van der Waals surface area contributed by atoms with Gasteiger partial charge in [-0.3, -0.25) is 0 Å². The molecule has 0 spiro atoms. The molecule has 0 amide bonds. The maximum atomic E-state index is 2.66. The van der Waals surface area contributed by atoms with E-state index in [-0.39, 0.29) is 0 Å². The minimum Gasteiger partial charge on any atom is -0.0624 e. The zero-order chi connectivity index (χ0) is 39.0. The molecule has 0 unspecified atom stereocenters. The minimum atomic E-state index is -2.74. The summed E-state index contributed by atoms with van der Waals surface area (Å²) in [6.07, 6.45) is 4.04. The predicted octanol–water partition coefficient (Wildman–Crippen LogP) is 12.9. The van der Waals surface area contributed by atoms with Crippen LogP contribution in [0.4, 0.5) is 0 Å². The zero-order valence-corrected chi connectivity index (χ0v) is 34.6. The van der Waals surface area contributed by atoms with Crippen LogP contribution in [0.1, 0.15) is 60.1 Å². The predicted molar refractivity (Wildman–Crippen MR) is 253 cm³/mol. The molecule has 0 saturated carbocycles. The molecule has 0 fully saturated rings. The lowest BCUT2D eigenvalue weighted by molar-refractivity contribution is 1.03. The molecular formula is C57H46Si. The first kappa shape index (κ1) is 34.9. The fourth-order valence-corrected chi connectivity index (χ4v) is 15.1. The molecule has 0 saturated heterocycles. The Morgan fingerprint density at radius 2 is 0.810 bits per heavy atom. The number of rotatable bonds is 7. The summed E-state index contributed by atoms with van der Waals surface area (Å²) >= 11 is 0. The van der Waals surface area contributed by atoms with Crippen LogP contribution >= 0.6 is 0 Å². The Kier molecular flexibility index (Phi) is 8.24. The second-order valence-electron chi connectivity index (χ2n) is 16.6.